The molecule has 8 nitrogen and oxygen atoms in total. The molecule has 1 fully saturated rings. The van der Waals surface area contributed by atoms with Crippen molar-refractivity contribution in [3.63, 3.8) is 0 Å². The Hall–Kier alpha value is -3.11. The molecule has 5 rings (SSSR count). The molecular formula is C24H23BrN6O2S. The van der Waals surface area contributed by atoms with Crippen LogP contribution in [0.15, 0.2) is 52.1 Å². The molecule has 2 aromatic heterocycles. The molecule has 4 heterocycles. The number of hydrogen-bond donors (Lipinski definition) is 2. The van der Waals surface area contributed by atoms with Gasteiger partial charge in [0.25, 0.3) is 5.91 Å². The number of amides is 3. The van der Waals surface area contributed by atoms with E-state index in [1.165, 1.54) is 15.3 Å². The van der Waals surface area contributed by atoms with Crippen LogP contribution in [-0.2, 0) is 11.2 Å². The Morgan fingerprint density at radius 3 is 2.76 bits per heavy atom. The molecule has 3 amide bonds. The molecule has 0 radical (unpaired) electrons. The molecule has 34 heavy (non-hydrogen) atoms. The fourth-order valence-corrected chi connectivity index (χ4v) is 5.82. The van der Waals surface area contributed by atoms with Crippen LogP contribution >= 0.6 is 27.3 Å². The number of aliphatic imine (C=N–C) groups is 1. The Labute approximate surface area is 209 Å². The summed E-state index contributed by atoms with van der Waals surface area (Å²) in [5, 5.41) is 5.82. The van der Waals surface area contributed by atoms with E-state index in [9.17, 15) is 9.59 Å². The third-order valence-electron chi connectivity index (χ3n) is 5.76. The second-order valence-electron chi connectivity index (χ2n) is 8.64. The number of benzene rings is 1. The minimum atomic E-state index is -0.876. The quantitative estimate of drug-likeness (QED) is 0.460. The first-order valence-electron chi connectivity index (χ1n) is 11.0. The topological polar surface area (TPSA) is 99.6 Å². The fourth-order valence-electron chi connectivity index (χ4n) is 4.04. The van der Waals surface area contributed by atoms with Crippen LogP contribution in [0.3, 0.4) is 0 Å². The van der Waals surface area contributed by atoms with Gasteiger partial charge < -0.3 is 10.6 Å². The van der Waals surface area contributed by atoms with Crippen molar-refractivity contribution in [2.45, 2.75) is 25.8 Å². The number of hydrogen-bond acceptors (Lipinski definition) is 7. The number of thiophene rings is 1. The highest BCUT2D eigenvalue weighted by atomic mass is 79.9. The van der Waals surface area contributed by atoms with Gasteiger partial charge in [0.15, 0.2) is 0 Å². The highest BCUT2D eigenvalue weighted by molar-refractivity contribution is 9.10. The van der Waals surface area contributed by atoms with Crippen LogP contribution in [0, 0.1) is 0 Å². The summed E-state index contributed by atoms with van der Waals surface area (Å²) in [6.07, 6.45) is 2.62. The zero-order valence-corrected chi connectivity index (χ0v) is 21.2. The summed E-state index contributed by atoms with van der Waals surface area (Å²) in [6.45, 7) is 4.73. The lowest BCUT2D eigenvalue weighted by molar-refractivity contribution is -0.130. The van der Waals surface area contributed by atoms with E-state index < -0.39 is 5.54 Å². The number of anilines is 1. The van der Waals surface area contributed by atoms with E-state index in [0.717, 1.165) is 39.3 Å². The zero-order valence-electron chi connectivity index (χ0n) is 18.8. The Kier molecular flexibility index (Phi) is 5.95. The van der Waals surface area contributed by atoms with E-state index in [-0.39, 0.29) is 18.5 Å². The molecule has 0 aliphatic carbocycles. The van der Waals surface area contributed by atoms with Crippen molar-refractivity contribution in [3.8, 4) is 10.6 Å². The van der Waals surface area contributed by atoms with Crippen molar-refractivity contribution in [3.05, 3.63) is 63.1 Å². The lowest BCUT2D eigenvalue weighted by atomic mass is 10.0. The van der Waals surface area contributed by atoms with Crippen LogP contribution in [0.25, 0.3) is 10.6 Å². The maximum atomic E-state index is 12.4. The molecule has 3 aromatic rings. The van der Waals surface area contributed by atoms with E-state index in [1.54, 1.807) is 31.4 Å². The number of nitrogens with zero attached hydrogens (tertiary/aromatic N) is 4. The highest BCUT2D eigenvalue weighted by Gasteiger charge is 2.43. The van der Waals surface area contributed by atoms with Gasteiger partial charge in [-0.3, -0.25) is 14.7 Å². The van der Waals surface area contributed by atoms with Gasteiger partial charge >= 0.3 is 6.03 Å². The lowest BCUT2D eigenvalue weighted by Crippen LogP contribution is -2.40. The number of rotatable bonds is 6. The minimum Gasteiger partial charge on any atom is -0.352 e. The summed E-state index contributed by atoms with van der Waals surface area (Å²) >= 11 is 5.26. The van der Waals surface area contributed by atoms with Crippen LogP contribution in [0.4, 0.5) is 10.7 Å². The first-order chi connectivity index (χ1) is 16.3. The molecule has 1 saturated heterocycles. The number of carbonyl (C=O) groups is 2. The van der Waals surface area contributed by atoms with Crippen LogP contribution in [-0.4, -0.2) is 57.7 Å². The Morgan fingerprint density at radius 2 is 2.03 bits per heavy atom. The van der Waals surface area contributed by atoms with Gasteiger partial charge in [0.2, 0.25) is 5.95 Å². The standard InChI is InChI=1S/C24H23BrN6O2S/c1-24(2)21(32)31(23(33)30-24)11-10-27-22-28-13-16(25)19(29-22)17-12-15-8-9-26-18(20(15)34-17)14-6-4-3-5-7-14/h3-7,12-13H,8-11H2,1-2H3,(H,30,33)(H,27,28,29). The summed E-state index contributed by atoms with van der Waals surface area (Å²) in [7, 11) is 0. The zero-order chi connectivity index (χ0) is 23.9. The summed E-state index contributed by atoms with van der Waals surface area (Å²) in [5.74, 6) is 0.199. The number of urea groups is 1. The number of fused-ring (bicyclic) bond motifs is 1. The Balaban J connectivity index is 1.34. The maximum absolute atomic E-state index is 12.4. The maximum Gasteiger partial charge on any atom is 0.325 e. The summed E-state index contributed by atoms with van der Waals surface area (Å²) in [6, 6.07) is 12.0. The highest BCUT2D eigenvalue weighted by Crippen LogP contribution is 2.37. The summed E-state index contributed by atoms with van der Waals surface area (Å²) in [5.41, 5.74) is 3.33. The summed E-state index contributed by atoms with van der Waals surface area (Å²) in [4.78, 5) is 41.7. The molecule has 0 spiro atoms. The van der Waals surface area contributed by atoms with Crippen molar-refractivity contribution in [2.24, 2.45) is 4.99 Å². The van der Waals surface area contributed by atoms with Crippen LogP contribution in [0.2, 0.25) is 0 Å². The molecule has 0 saturated carbocycles. The first kappa shape index (κ1) is 22.7. The van der Waals surface area contributed by atoms with E-state index in [2.05, 4.69) is 49.7 Å². The van der Waals surface area contributed by atoms with Gasteiger partial charge in [0, 0.05) is 31.4 Å². The largest absolute Gasteiger partial charge is 0.352 e. The number of aromatic nitrogens is 2. The minimum absolute atomic E-state index is 0.229. The van der Waals surface area contributed by atoms with Crippen LogP contribution in [0.1, 0.15) is 29.9 Å². The molecule has 2 aliphatic heterocycles. The number of halogens is 1. The molecular weight excluding hydrogens is 516 g/mol. The first-order valence-corrected chi connectivity index (χ1v) is 12.6. The molecule has 1 aromatic carbocycles. The van der Waals surface area contributed by atoms with Gasteiger partial charge in [0.1, 0.15) is 5.54 Å². The molecule has 0 unspecified atom stereocenters. The van der Waals surface area contributed by atoms with Gasteiger partial charge in [-0.05, 0) is 47.8 Å². The molecule has 0 bridgehead atoms. The Morgan fingerprint density at radius 1 is 1.24 bits per heavy atom. The van der Waals surface area contributed by atoms with Gasteiger partial charge in [-0.2, -0.15) is 0 Å². The van der Waals surface area contributed by atoms with Gasteiger partial charge in [0.05, 0.1) is 25.6 Å². The monoisotopic (exact) mass is 538 g/mol. The predicted octanol–water partition coefficient (Wildman–Crippen LogP) is 4.10. The lowest BCUT2D eigenvalue weighted by Gasteiger charge is -2.16. The average molecular weight is 539 g/mol. The van der Waals surface area contributed by atoms with E-state index >= 15 is 0 Å². The van der Waals surface area contributed by atoms with E-state index in [1.807, 2.05) is 18.2 Å². The van der Waals surface area contributed by atoms with Crippen molar-refractivity contribution >= 4 is 50.9 Å². The van der Waals surface area contributed by atoms with Gasteiger partial charge in [-0.15, -0.1) is 11.3 Å². The SMILES string of the molecule is CC1(C)NC(=O)N(CCNc2ncc(Br)c(-c3cc4c(s3)C(c3ccccc3)=NCC4)n2)C1=O. The van der Waals surface area contributed by atoms with E-state index in [4.69, 9.17) is 9.98 Å². The number of carbonyl (C=O) groups excluding carboxylic acids is 2. The molecule has 2 N–H and O–H groups in total. The molecule has 10 heteroatoms. The molecule has 174 valence electrons. The molecule has 0 atom stereocenters. The Bertz CT molecular complexity index is 1300. The van der Waals surface area contributed by atoms with Crippen molar-refractivity contribution < 1.29 is 9.59 Å². The second-order valence-corrected chi connectivity index (χ2v) is 10.5. The normalized spacial score (nSPS) is 16.8. The summed E-state index contributed by atoms with van der Waals surface area (Å²) < 4.78 is 0.797. The third kappa shape index (κ3) is 4.23. The number of nitrogens with one attached hydrogen (secondary N) is 2. The van der Waals surface area contributed by atoms with Crippen molar-refractivity contribution in [2.75, 3.05) is 25.0 Å². The third-order valence-corrected chi connectivity index (χ3v) is 7.53. The van der Waals surface area contributed by atoms with Gasteiger partial charge in [-0.25, -0.2) is 14.8 Å². The van der Waals surface area contributed by atoms with Crippen molar-refractivity contribution in [1.82, 2.24) is 20.2 Å². The average Bonchev–Trinajstić information content (AvgIpc) is 3.34. The van der Waals surface area contributed by atoms with Crippen LogP contribution < -0.4 is 10.6 Å². The predicted molar refractivity (Wildman–Crippen MR) is 137 cm³/mol. The fraction of sp³-hybridized carbons (Fsp3) is 0.292. The number of imide groups is 1. The van der Waals surface area contributed by atoms with Crippen molar-refractivity contribution in [1.29, 1.82) is 0 Å². The van der Waals surface area contributed by atoms with E-state index in [0.29, 0.717) is 12.5 Å². The molecule has 2 aliphatic rings. The van der Waals surface area contributed by atoms with Crippen LogP contribution in [0.5, 0.6) is 0 Å². The smallest absolute Gasteiger partial charge is 0.325 e. The van der Waals surface area contributed by atoms with Gasteiger partial charge in [-0.1, -0.05) is 30.3 Å². The second kappa shape index (κ2) is 8.92.